The molecule has 0 spiro atoms. The molecule has 0 amide bonds. The van der Waals surface area contributed by atoms with Gasteiger partial charge in [-0.3, -0.25) is 10.1 Å². The summed E-state index contributed by atoms with van der Waals surface area (Å²) < 4.78 is 26.2. The average molecular weight is 285 g/mol. The van der Waals surface area contributed by atoms with E-state index in [-0.39, 0.29) is 23.2 Å². The molecule has 2 rings (SSSR count). The number of nitro groups is 1. The minimum absolute atomic E-state index is 0.00745. The molecule has 0 radical (unpaired) electrons. The molecule has 20 heavy (non-hydrogen) atoms. The van der Waals surface area contributed by atoms with Gasteiger partial charge in [0.15, 0.2) is 0 Å². The third-order valence-corrected chi connectivity index (χ3v) is 3.77. The van der Waals surface area contributed by atoms with Crippen LogP contribution in [-0.2, 0) is 0 Å². The number of nitrogens with zero attached hydrogens (tertiary/aromatic N) is 2. The van der Waals surface area contributed by atoms with Crippen LogP contribution >= 0.6 is 0 Å². The molecule has 0 saturated carbocycles. The van der Waals surface area contributed by atoms with Crippen LogP contribution in [0.25, 0.3) is 0 Å². The molecule has 2 N–H and O–H groups in total. The Balaban J connectivity index is 2.30. The minimum atomic E-state index is -2.74. The van der Waals surface area contributed by atoms with Crippen molar-refractivity contribution in [3.8, 4) is 0 Å². The second kappa shape index (κ2) is 5.70. The van der Waals surface area contributed by atoms with E-state index in [4.69, 9.17) is 5.73 Å². The highest BCUT2D eigenvalue weighted by atomic mass is 19.3. The topological polar surface area (TPSA) is 72.4 Å². The first-order chi connectivity index (χ1) is 9.40. The monoisotopic (exact) mass is 285 g/mol. The molecule has 0 aromatic heterocycles. The van der Waals surface area contributed by atoms with Gasteiger partial charge in [-0.05, 0) is 25.3 Å². The number of nitro benzene ring substituents is 1. The maximum atomic E-state index is 13.1. The molecule has 1 heterocycles. The van der Waals surface area contributed by atoms with Crippen molar-refractivity contribution in [3.63, 3.8) is 0 Å². The molecule has 1 aromatic rings. The number of halogens is 2. The average Bonchev–Trinajstić information content (AvgIpc) is 2.87. The van der Waals surface area contributed by atoms with E-state index < -0.39 is 11.3 Å². The van der Waals surface area contributed by atoms with Crippen molar-refractivity contribution in [2.45, 2.75) is 25.8 Å². The van der Waals surface area contributed by atoms with E-state index in [1.807, 2.05) is 11.8 Å². The molecule has 2 atom stereocenters. The van der Waals surface area contributed by atoms with Crippen molar-refractivity contribution in [2.75, 3.05) is 18.0 Å². The molecule has 0 aliphatic carbocycles. The maximum Gasteiger partial charge on any atom is 0.270 e. The zero-order valence-electron chi connectivity index (χ0n) is 11.1. The number of non-ortho nitro benzene ring substituents is 1. The third kappa shape index (κ3) is 2.87. The Labute approximate surface area is 115 Å². The highest BCUT2D eigenvalue weighted by Gasteiger charge is 2.29. The largest absolute Gasteiger partial charge is 0.371 e. The normalized spacial score (nSPS) is 20.4. The van der Waals surface area contributed by atoms with E-state index in [1.165, 1.54) is 12.1 Å². The van der Waals surface area contributed by atoms with E-state index in [0.29, 0.717) is 18.8 Å². The van der Waals surface area contributed by atoms with Gasteiger partial charge in [0.25, 0.3) is 12.1 Å². The number of benzene rings is 1. The number of rotatable bonds is 4. The number of alkyl halides is 2. The molecule has 1 fully saturated rings. The van der Waals surface area contributed by atoms with Crippen LogP contribution in [0.3, 0.4) is 0 Å². The first-order valence-corrected chi connectivity index (χ1v) is 6.47. The second-order valence-corrected chi connectivity index (χ2v) is 5.15. The summed E-state index contributed by atoms with van der Waals surface area (Å²) in [6.45, 7) is 3.15. The third-order valence-electron chi connectivity index (χ3n) is 3.77. The Morgan fingerprint density at radius 3 is 2.70 bits per heavy atom. The van der Waals surface area contributed by atoms with Gasteiger partial charge in [0.1, 0.15) is 0 Å². The van der Waals surface area contributed by atoms with Crippen molar-refractivity contribution in [1.29, 1.82) is 0 Å². The number of anilines is 1. The Morgan fingerprint density at radius 2 is 2.20 bits per heavy atom. The Hall–Kier alpha value is -1.76. The molecule has 110 valence electrons. The van der Waals surface area contributed by atoms with E-state index in [1.54, 1.807) is 0 Å². The molecule has 2 unspecified atom stereocenters. The summed E-state index contributed by atoms with van der Waals surface area (Å²) in [5, 5.41) is 10.7. The molecular weight excluding hydrogens is 268 g/mol. The quantitative estimate of drug-likeness (QED) is 0.682. The molecule has 7 heteroatoms. The van der Waals surface area contributed by atoms with Crippen LogP contribution in [0.4, 0.5) is 20.2 Å². The van der Waals surface area contributed by atoms with Crippen LogP contribution in [0.2, 0.25) is 0 Å². The zero-order chi connectivity index (χ0) is 14.9. The summed E-state index contributed by atoms with van der Waals surface area (Å²) in [6.07, 6.45) is -1.89. The number of nitrogens with two attached hydrogens (primary N) is 1. The highest BCUT2D eigenvalue weighted by molar-refractivity contribution is 5.59. The zero-order valence-corrected chi connectivity index (χ0v) is 11.1. The van der Waals surface area contributed by atoms with E-state index >= 15 is 0 Å². The Morgan fingerprint density at radius 1 is 1.50 bits per heavy atom. The molecule has 0 bridgehead atoms. The lowest BCUT2D eigenvalue weighted by Gasteiger charge is -2.22. The molecule has 5 nitrogen and oxygen atoms in total. The van der Waals surface area contributed by atoms with Gasteiger partial charge in [0, 0.05) is 42.5 Å². The molecule has 1 saturated heterocycles. The van der Waals surface area contributed by atoms with E-state index in [0.717, 1.165) is 12.5 Å². The van der Waals surface area contributed by atoms with Crippen LogP contribution in [0, 0.1) is 16.0 Å². The summed E-state index contributed by atoms with van der Waals surface area (Å²) in [5.74, 6) is 0.260. The van der Waals surface area contributed by atoms with Crippen LogP contribution in [0.15, 0.2) is 18.2 Å². The summed E-state index contributed by atoms with van der Waals surface area (Å²) in [6, 6.07) is 3.64. The summed E-state index contributed by atoms with van der Waals surface area (Å²) in [5.41, 5.74) is 5.60. The standard InChI is InChI=1S/C13H17F2N3O2/c1-8(16)9-4-5-17(7-9)12-3-2-10(18(19)20)6-11(12)13(14)15/h2-3,6,8-9,13H,4-5,7,16H2,1H3. The van der Waals surface area contributed by atoms with Gasteiger partial charge >= 0.3 is 0 Å². The van der Waals surface area contributed by atoms with Gasteiger partial charge in [-0.15, -0.1) is 0 Å². The highest BCUT2D eigenvalue weighted by Crippen LogP contribution is 2.35. The summed E-state index contributed by atoms with van der Waals surface area (Å²) in [4.78, 5) is 11.9. The van der Waals surface area contributed by atoms with Gasteiger partial charge in [-0.2, -0.15) is 0 Å². The molecular formula is C13H17F2N3O2. The van der Waals surface area contributed by atoms with Gasteiger partial charge < -0.3 is 10.6 Å². The van der Waals surface area contributed by atoms with Gasteiger partial charge in [0.2, 0.25) is 0 Å². The van der Waals surface area contributed by atoms with Crippen molar-refractivity contribution in [2.24, 2.45) is 11.7 Å². The van der Waals surface area contributed by atoms with Crippen LogP contribution in [0.1, 0.15) is 25.3 Å². The maximum absolute atomic E-state index is 13.1. The fourth-order valence-corrected chi connectivity index (χ4v) is 2.55. The molecule has 1 aromatic carbocycles. The fourth-order valence-electron chi connectivity index (χ4n) is 2.55. The predicted octanol–water partition coefficient (Wildman–Crippen LogP) is 2.71. The van der Waals surface area contributed by atoms with Gasteiger partial charge in [-0.25, -0.2) is 8.78 Å². The molecule has 1 aliphatic heterocycles. The summed E-state index contributed by atoms with van der Waals surface area (Å²) in [7, 11) is 0. The summed E-state index contributed by atoms with van der Waals surface area (Å²) >= 11 is 0. The number of hydrogen-bond donors (Lipinski definition) is 1. The smallest absolute Gasteiger partial charge is 0.270 e. The lowest BCUT2D eigenvalue weighted by molar-refractivity contribution is -0.385. The van der Waals surface area contributed by atoms with Crippen molar-refractivity contribution in [1.82, 2.24) is 0 Å². The van der Waals surface area contributed by atoms with Crippen molar-refractivity contribution < 1.29 is 13.7 Å². The Kier molecular flexibility index (Phi) is 4.17. The lowest BCUT2D eigenvalue weighted by atomic mass is 10.0. The van der Waals surface area contributed by atoms with Crippen molar-refractivity contribution in [3.05, 3.63) is 33.9 Å². The van der Waals surface area contributed by atoms with Crippen LogP contribution in [0.5, 0.6) is 0 Å². The Bertz CT molecular complexity index is 508. The first-order valence-electron chi connectivity index (χ1n) is 6.47. The fraction of sp³-hybridized carbons (Fsp3) is 0.538. The first kappa shape index (κ1) is 14.6. The van der Waals surface area contributed by atoms with Crippen molar-refractivity contribution >= 4 is 11.4 Å². The number of hydrogen-bond acceptors (Lipinski definition) is 4. The van der Waals surface area contributed by atoms with E-state index in [2.05, 4.69) is 0 Å². The van der Waals surface area contributed by atoms with Gasteiger partial charge in [0.05, 0.1) is 4.92 Å². The van der Waals surface area contributed by atoms with Gasteiger partial charge in [-0.1, -0.05) is 0 Å². The minimum Gasteiger partial charge on any atom is -0.371 e. The van der Waals surface area contributed by atoms with Crippen LogP contribution < -0.4 is 10.6 Å². The van der Waals surface area contributed by atoms with Crippen LogP contribution in [-0.4, -0.2) is 24.1 Å². The molecule has 1 aliphatic rings. The SMILES string of the molecule is CC(N)C1CCN(c2ccc([N+](=O)[O-])cc2C(F)F)C1. The van der Waals surface area contributed by atoms with E-state index in [9.17, 15) is 18.9 Å². The predicted molar refractivity (Wildman–Crippen MR) is 72.0 cm³/mol. The second-order valence-electron chi connectivity index (χ2n) is 5.15. The lowest BCUT2D eigenvalue weighted by Crippen LogP contribution is -2.30.